The Morgan fingerprint density at radius 3 is 2.53 bits per heavy atom. The van der Waals surface area contributed by atoms with E-state index in [1.54, 1.807) is 43.5 Å². The predicted octanol–water partition coefficient (Wildman–Crippen LogP) is 5.89. The van der Waals surface area contributed by atoms with Crippen molar-refractivity contribution < 1.29 is 19.0 Å². The van der Waals surface area contributed by atoms with E-state index >= 15 is 0 Å². The molecule has 1 N–H and O–H groups in total. The Hall–Kier alpha value is -3.18. The summed E-state index contributed by atoms with van der Waals surface area (Å²) < 4.78 is 16.8. The van der Waals surface area contributed by atoms with Crippen molar-refractivity contribution in [1.82, 2.24) is 0 Å². The minimum atomic E-state index is -0.231. The number of nitrogens with one attached hydrogen (secondary N) is 1. The molecule has 0 spiro atoms. The molecule has 0 fully saturated rings. The van der Waals surface area contributed by atoms with Crippen molar-refractivity contribution in [3.63, 3.8) is 0 Å². The number of methoxy groups -OCH3 is 1. The van der Waals surface area contributed by atoms with Gasteiger partial charge in [0.2, 0.25) is 0 Å². The minimum Gasteiger partial charge on any atom is -0.497 e. The highest BCUT2D eigenvalue weighted by molar-refractivity contribution is 6.31. The molecule has 3 aromatic rings. The molecule has 5 nitrogen and oxygen atoms in total. The van der Waals surface area contributed by atoms with E-state index in [1.807, 2.05) is 38.1 Å². The molecule has 156 valence electrons. The number of carbonyl (C=O) groups excluding carboxylic acids is 1. The zero-order valence-electron chi connectivity index (χ0n) is 17.2. The Bertz CT molecular complexity index is 1040. The van der Waals surface area contributed by atoms with Gasteiger partial charge in [-0.15, -0.1) is 0 Å². The average Bonchev–Trinajstić information content (AvgIpc) is 2.76. The van der Waals surface area contributed by atoms with Crippen LogP contribution in [-0.4, -0.2) is 19.6 Å². The molecule has 6 heteroatoms. The topological polar surface area (TPSA) is 56.8 Å². The lowest BCUT2D eigenvalue weighted by Gasteiger charge is -2.14. The highest BCUT2D eigenvalue weighted by Gasteiger charge is 2.13. The van der Waals surface area contributed by atoms with Gasteiger partial charge in [-0.25, -0.2) is 0 Å². The fourth-order valence-electron chi connectivity index (χ4n) is 2.92. The minimum absolute atomic E-state index is 0.231. The van der Waals surface area contributed by atoms with Crippen molar-refractivity contribution in [3.8, 4) is 17.2 Å². The Balaban J connectivity index is 1.80. The van der Waals surface area contributed by atoms with Gasteiger partial charge < -0.3 is 19.5 Å². The Morgan fingerprint density at radius 2 is 1.77 bits per heavy atom. The second-order valence-electron chi connectivity index (χ2n) is 6.59. The van der Waals surface area contributed by atoms with Gasteiger partial charge >= 0.3 is 0 Å². The molecular weight excluding hydrogens is 402 g/mol. The maximum absolute atomic E-state index is 12.8. The second-order valence-corrected chi connectivity index (χ2v) is 7.00. The number of hydrogen-bond donors (Lipinski definition) is 1. The Labute approximate surface area is 181 Å². The van der Waals surface area contributed by atoms with Crippen LogP contribution in [0.5, 0.6) is 17.2 Å². The normalized spacial score (nSPS) is 10.4. The molecule has 0 unspecified atom stereocenters. The smallest absolute Gasteiger partial charge is 0.255 e. The quantitative estimate of drug-likeness (QED) is 0.489. The van der Waals surface area contributed by atoms with Gasteiger partial charge in [-0.05, 0) is 61.9 Å². The molecule has 0 heterocycles. The highest BCUT2D eigenvalue weighted by Crippen LogP contribution is 2.26. The molecule has 0 aliphatic carbocycles. The van der Waals surface area contributed by atoms with Crippen molar-refractivity contribution >= 4 is 23.2 Å². The summed E-state index contributed by atoms with van der Waals surface area (Å²) in [5, 5.41) is 3.52. The standard InChI is InChI=1S/C24H24ClNO4/c1-4-29-23-12-11-17(24(27)26-22-10-6-9-21(25)16(22)2)13-18(23)15-30-20-8-5-7-19(14-20)28-3/h5-14H,4,15H2,1-3H3,(H,26,27). The first kappa shape index (κ1) is 21.5. The first-order valence-electron chi connectivity index (χ1n) is 9.61. The predicted molar refractivity (Wildman–Crippen MR) is 119 cm³/mol. The summed E-state index contributed by atoms with van der Waals surface area (Å²) in [5.41, 5.74) is 2.77. The summed E-state index contributed by atoms with van der Waals surface area (Å²) >= 11 is 6.15. The number of rotatable bonds is 8. The van der Waals surface area contributed by atoms with Crippen molar-refractivity contribution in [2.24, 2.45) is 0 Å². The fourth-order valence-corrected chi connectivity index (χ4v) is 3.09. The molecular formula is C24H24ClNO4. The summed E-state index contributed by atoms with van der Waals surface area (Å²) in [6, 6.07) is 18.1. The average molecular weight is 426 g/mol. The van der Waals surface area contributed by atoms with Gasteiger partial charge in [-0.2, -0.15) is 0 Å². The molecule has 1 amide bonds. The lowest BCUT2D eigenvalue weighted by molar-refractivity contribution is 0.102. The van der Waals surface area contributed by atoms with Gasteiger partial charge in [-0.1, -0.05) is 23.7 Å². The number of ether oxygens (including phenoxy) is 3. The summed E-state index contributed by atoms with van der Waals surface area (Å²) in [6.07, 6.45) is 0. The van der Waals surface area contributed by atoms with E-state index in [2.05, 4.69) is 5.32 Å². The monoisotopic (exact) mass is 425 g/mol. The molecule has 0 radical (unpaired) electrons. The van der Waals surface area contributed by atoms with Crippen LogP contribution < -0.4 is 19.5 Å². The van der Waals surface area contributed by atoms with E-state index in [4.69, 9.17) is 25.8 Å². The van der Waals surface area contributed by atoms with Crippen LogP contribution in [0.15, 0.2) is 60.7 Å². The van der Waals surface area contributed by atoms with Crippen LogP contribution in [0.4, 0.5) is 5.69 Å². The highest BCUT2D eigenvalue weighted by atomic mass is 35.5. The van der Waals surface area contributed by atoms with E-state index in [9.17, 15) is 4.79 Å². The molecule has 0 saturated carbocycles. The molecule has 0 saturated heterocycles. The lowest BCUT2D eigenvalue weighted by atomic mass is 10.1. The van der Waals surface area contributed by atoms with Crippen LogP contribution in [0.25, 0.3) is 0 Å². The van der Waals surface area contributed by atoms with E-state index in [0.29, 0.717) is 40.1 Å². The third-order valence-corrected chi connectivity index (χ3v) is 4.98. The molecule has 3 aromatic carbocycles. The lowest BCUT2D eigenvalue weighted by Crippen LogP contribution is -2.14. The molecule has 0 atom stereocenters. The van der Waals surface area contributed by atoms with Crippen molar-refractivity contribution in [3.05, 3.63) is 82.4 Å². The maximum Gasteiger partial charge on any atom is 0.255 e. The molecule has 0 bridgehead atoms. The van der Waals surface area contributed by atoms with Crippen molar-refractivity contribution in [2.45, 2.75) is 20.5 Å². The van der Waals surface area contributed by atoms with E-state index in [0.717, 1.165) is 11.1 Å². The third-order valence-electron chi connectivity index (χ3n) is 4.57. The first-order chi connectivity index (χ1) is 14.5. The van der Waals surface area contributed by atoms with Crippen LogP contribution in [0.2, 0.25) is 5.02 Å². The number of benzene rings is 3. The van der Waals surface area contributed by atoms with Gasteiger partial charge in [0.15, 0.2) is 0 Å². The van der Waals surface area contributed by atoms with Crippen LogP contribution in [0.3, 0.4) is 0 Å². The molecule has 30 heavy (non-hydrogen) atoms. The number of carbonyl (C=O) groups is 1. The summed E-state index contributed by atoms with van der Waals surface area (Å²) in [4.78, 5) is 12.8. The van der Waals surface area contributed by atoms with Gasteiger partial charge in [0, 0.05) is 27.9 Å². The summed E-state index contributed by atoms with van der Waals surface area (Å²) in [5.74, 6) is 1.82. The zero-order chi connectivity index (χ0) is 21.5. The second kappa shape index (κ2) is 10.0. The zero-order valence-corrected chi connectivity index (χ0v) is 18.0. The van der Waals surface area contributed by atoms with Crippen LogP contribution >= 0.6 is 11.6 Å². The fraction of sp³-hybridized carbons (Fsp3) is 0.208. The largest absolute Gasteiger partial charge is 0.497 e. The van der Waals surface area contributed by atoms with Gasteiger partial charge in [0.05, 0.1) is 13.7 Å². The SMILES string of the molecule is CCOc1ccc(C(=O)Nc2cccc(Cl)c2C)cc1COc1cccc(OC)c1. The Morgan fingerprint density at radius 1 is 1.00 bits per heavy atom. The van der Waals surface area contributed by atoms with Crippen LogP contribution in [0.1, 0.15) is 28.4 Å². The van der Waals surface area contributed by atoms with E-state index < -0.39 is 0 Å². The van der Waals surface area contributed by atoms with Gasteiger partial charge in [0.25, 0.3) is 5.91 Å². The molecule has 3 rings (SSSR count). The van der Waals surface area contributed by atoms with Crippen molar-refractivity contribution in [1.29, 1.82) is 0 Å². The van der Waals surface area contributed by atoms with Crippen LogP contribution in [-0.2, 0) is 6.61 Å². The van der Waals surface area contributed by atoms with Crippen molar-refractivity contribution in [2.75, 3.05) is 19.0 Å². The number of halogens is 1. The maximum atomic E-state index is 12.8. The Kier molecular flexibility index (Phi) is 7.20. The molecule has 0 aliphatic rings. The number of amides is 1. The number of hydrogen-bond acceptors (Lipinski definition) is 4. The number of anilines is 1. The van der Waals surface area contributed by atoms with E-state index in [1.165, 1.54) is 0 Å². The van der Waals surface area contributed by atoms with Gasteiger partial charge in [0.1, 0.15) is 23.9 Å². The summed E-state index contributed by atoms with van der Waals surface area (Å²) in [6.45, 7) is 4.54. The first-order valence-corrected chi connectivity index (χ1v) is 9.98. The molecule has 0 aliphatic heterocycles. The third kappa shape index (κ3) is 5.24. The van der Waals surface area contributed by atoms with Crippen LogP contribution in [0, 0.1) is 6.92 Å². The summed E-state index contributed by atoms with van der Waals surface area (Å²) in [7, 11) is 1.61. The van der Waals surface area contributed by atoms with E-state index in [-0.39, 0.29) is 12.5 Å². The van der Waals surface area contributed by atoms with Gasteiger partial charge in [-0.3, -0.25) is 4.79 Å². The molecule has 0 aromatic heterocycles.